The Balaban J connectivity index is 0.00000272. The van der Waals surface area contributed by atoms with Crippen LogP contribution in [0.25, 0.3) is 11.0 Å². The van der Waals surface area contributed by atoms with Crippen molar-refractivity contribution in [2.75, 3.05) is 28.4 Å². The molecule has 0 fully saturated rings. The Hall–Kier alpha value is -1.20. The summed E-state index contributed by atoms with van der Waals surface area (Å²) in [6, 6.07) is 5.83. The Morgan fingerprint density at radius 3 is 1.88 bits per heavy atom. The van der Waals surface area contributed by atoms with Crippen LogP contribution in [0.15, 0.2) is 28.7 Å². The third-order valence-electron chi connectivity index (χ3n) is 4.53. The molecule has 166 valence electrons. The maximum absolute atomic E-state index is 13.4. The fraction of sp³-hybridized carbons (Fsp3) is 0.250. The average Bonchev–Trinajstić information content (AvgIpc) is 3.07. The van der Waals surface area contributed by atoms with E-state index in [-0.39, 0.29) is 104 Å². The maximum Gasteiger partial charge on any atom is 1.00 e. The van der Waals surface area contributed by atoms with E-state index >= 15 is 0 Å². The van der Waals surface area contributed by atoms with E-state index in [0.29, 0.717) is 5.75 Å². The number of benzene rings is 2. The summed E-state index contributed by atoms with van der Waals surface area (Å²) in [6.45, 7) is 1.52. The number of phosphoric acid groups is 1. The zero-order valence-corrected chi connectivity index (χ0v) is 24.2. The van der Waals surface area contributed by atoms with E-state index in [1.165, 1.54) is 59.6 Å². The first kappa shape index (κ1) is 29.8. The van der Waals surface area contributed by atoms with Crippen LogP contribution < -0.4 is 92.4 Å². The second-order valence-corrected chi connectivity index (χ2v) is 7.37. The second-order valence-electron chi connectivity index (χ2n) is 6.29. The molecule has 2 aromatic carbocycles. The Morgan fingerprint density at radius 1 is 0.879 bits per heavy atom. The second kappa shape index (κ2) is 12.0. The molecule has 13 heteroatoms. The Kier molecular flexibility index (Phi) is 10.8. The van der Waals surface area contributed by atoms with E-state index in [4.69, 9.17) is 23.4 Å². The molecule has 3 aromatic rings. The summed E-state index contributed by atoms with van der Waals surface area (Å²) < 4.78 is 42.3. The quantitative estimate of drug-likeness (QED) is 0.173. The summed E-state index contributed by atoms with van der Waals surface area (Å²) in [6.07, 6.45) is 0. The summed E-state index contributed by atoms with van der Waals surface area (Å²) in [5, 5.41) is 0.237. The van der Waals surface area contributed by atoms with Crippen molar-refractivity contribution in [1.29, 1.82) is 0 Å². The summed E-state index contributed by atoms with van der Waals surface area (Å²) in [5.74, 6) is 0.121. The van der Waals surface area contributed by atoms with E-state index in [0.717, 1.165) is 0 Å². The fourth-order valence-corrected chi connectivity index (χ4v) is 3.63. The van der Waals surface area contributed by atoms with Gasteiger partial charge in [0, 0.05) is 10.9 Å². The van der Waals surface area contributed by atoms with Gasteiger partial charge in [-0.2, -0.15) is 0 Å². The zero-order valence-electron chi connectivity index (χ0n) is 19.3. The summed E-state index contributed by atoms with van der Waals surface area (Å²) >= 11 is 0. The van der Waals surface area contributed by atoms with Crippen LogP contribution in [0.1, 0.15) is 21.7 Å². The van der Waals surface area contributed by atoms with Gasteiger partial charge in [0.15, 0.2) is 28.6 Å². The van der Waals surface area contributed by atoms with Crippen molar-refractivity contribution in [3.63, 3.8) is 0 Å². The summed E-state index contributed by atoms with van der Waals surface area (Å²) in [7, 11) is 0.129. The van der Waals surface area contributed by atoms with Gasteiger partial charge < -0.3 is 42.2 Å². The van der Waals surface area contributed by atoms with Crippen LogP contribution in [0.4, 0.5) is 0 Å². The third kappa shape index (κ3) is 6.08. The molecule has 0 spiro atoms. The van der Waals surface area contributed by atoms with Crippen LogP contribution in [0, 0.1) is 6.92 Å². The molecule has 10 nitrogen and oxygen atoms in total. The number of aryl methyl sites for hydroxylation is 1. The molecule has 0 N–H and O–H groups in total. The molecule has 1 aromatic heterocycles. The maximum atomic E-state index is 13.4. The molecule has 33 heavy (non-hydrogen) atoms. The van der Waals surface area contributed by atoms with Crippen LogP contribution in [-0.2, 0) is 4.57 Å². The van der Waals surface area contributed by atoms with Crippen LogP contribution in [0.2, 0.25) is 0 Å². The third-order valence-corrected chi connectivity index (χ3v) is 4.94. The first-order chi connectivity index (χ1) is 14.6. The van der Waals surface area contributed by atoms with Crippen molar-refractivity contribution in [2.24, 2.45) is 0 Å². The number of carbonyl (C=O) groups excluding carboxylic acids is 1. The molecular weight excluding hydrogens is 477 g/mol. The number of rotatable bonds is 8. The van der Waals surface area contributed by atoms with Crippen molar-refractivity contribution in [3.8, 4) is 28.7 Å². The van der Waals surface area contributed by atoms with Gasteiger partial charge >= 0.3 is 59.1 Å². The van der Waals surface area contributed by atoms with Gasteiger partial charge in [0.1, 0.15) is 13.6 Å². The molecule has 0 aliphatic rings. The monoisotopic (exact) mass is 496 g/mol. The van der Waals surface area contributed by atoms with Crippen molar-refractivity contribution in [2.45, 2.75) is 6.92 Å². The standard InChI is InChI=1S/C20H21O10P.2Na/c1-10-16(17(21)11-8-14(26-3)19(28-5)15(9-11)27-4)12-6-7-13(25-2)20(18(12)29-10)30-31(22,23)24;;/h6-9H,1-5H3,(H2,22,23,24);;/q;2*+1/p-2. The van der Waals surface area contributed by atoms with Crippen LogP contribution in [0.3, 0.4) is 0 Å². The number of fused-ring (bicyclic) bond motifs is 1. The smallest absolute Gasteiger partial charge is 0.780 e. The van der Waals surface area contributed by atoms with Crippen LogP contribution >= 0.6 is 7.82 Å². The van der Waals surface area contributed by atoms with Gasteiger partial charge in [0.2, 0.25) is 11.5 Å². The number of carbonyl (C=O) groups is 1. The number of ether oxygens (including phenoxy) is 4. The fourth-order valence-electron chi connectivity index (χ4n) is 3.23. The molecule has 0 atom stereocenters. The molecule has 1 heterocycles. The van der Waals surface area contributed by atoms with Gasteiger partial charge in [0.25, 0.3) is 0 Å². The first-order valence-electron chi connectivity index (χ1n) is 8.81. The van der Waals surface area contributed by atoms with E-state index in [2.05, 4.69) is 4.52 Å². The Bertz CT molecular complexity index is 1180. The van der Waals surface area contributed by atoms with Gasteiger partial charge in [-0.3, -0.25) is 4.79 Å². The molecule has 3 rings (SSSR count). The largest absolute Gasteiger partial charge is 1.00 e. The number of hydrogen-bond donors (Lipinski definition) is 0. The molecule has 0 bridgehead atoms. The molecule has 0 unspecified atom stereocenters. The van der Waals surface area contributed by atoms with Crippen molar-refractivity contribution in [1.82, 2.24) is 0 Å². The SMILES string of the molecule is COc1cc(C(=O)c2c(C)oc3c(OP(=O)([O-])[O-])c(OC)ccc23)cc(OC)c1OC.[Na+].[Na+]. The summed E-state index contributed by atoms with van der Waals surface area (Å²) in [5.41, 5.74) is 0.236. The van der Waals surface area contributed by atoms with Crippen LogP contribution in [-0.4, -0.2) is 34.2 Å². The van der Waals surface area contributed by atoms with Gasteiger partial charge in [-0.05, 0) is 31.2 Å². The molecule has 0 radical (unpaired) electrons. The van der Waals surface area contributed by atoms with Gasteiger partial charge in [-0.25, -0.2) is 0 Å². The number of phosphoric ester groups is 1. The van der Waals surface area contributed by atoms with Crippen LogP contribution in [0.5, 0.6) is 28.7 Å². The first-order valence-corrected chi connectivity index (χ1v) is 10.3. The minimum Gasteiger partial charge on any atom is -0.780 e. The Morgan fingerprint density at radius 2 is 1.42 bits per heavy atom. The normalized spacial score (nSPS) is 10.6. The number of ketones is 1. The zero-order chi connectivity index (χ0) is 22.9. The summed E-state index contributed by atoms with van der Waals surface area (Å²) in [4.78, 5) is 35.8. The molecule has 0 amide bonds. The number of methoxy groups -OCH3 is 4. The van der Waals surface area contributed by atoms with E-state index in [1.807, 2.05) is 0 Å². The average molecular weight is 496 g/mol. The molecular formula is C20H19Na2O10P. The number of furan rings is 1. The van der Waals surface area contributed by atoms with Gasteiger partial charge in [0.05, 0.1) is 34.0 Å². The topological polar surface area (TPSA) is 140 Å². The predicted octanol–water partition coefficient (Wildman–Crippen LogP) is -3.78. The molecule has 0 aliphatic carbocycles. The molecule has 0 saturated carbocycles. The minimum atomic E-state index is -5.42. The Labute approximate surface area is 234 Å². The minimum absolute atomic E-state index is 0. The predicted molar refractivity (Wildman–Crippen MR) is 105 cm³/mol. The van der Waals surface area contributed by atoms with E-state index in [1.54, 1.807) is 0 Å². The van der Waals surface area contributed by atoms with Crippen molar-refractivity contribution >= 4 is 24.6 Å². The van der Waals surface area contributed by atoms with Crippen molar-refractivity contribution < 1.29 is 106 Å². The molecule has 0 saturated heterocycles. The van der Waals surface area contributed by atoms with E-state index < -0.39 is 19.4 Å². The van der Waals surface area contributed by atoms with E-state index in [9.17, 15) is 19.1 Å². The van der Waals surface area contributed by atoms with Gasteiger partial charge in [-0.1, -0.05) is 0 Å². The van der Waals surface area contributed by atoms with Crippen molar-refractivity contribution in [3.05, 3.63) is 41.2 Å². The van der Waals surface area contributed by atoms with Gasteiger partial charge in [-0.15, -0.1) is 0 Å². The molecule has 0 aliphatic heterocycles. The number of hydrogen-bond acceptors (Lipinski definition) is 10.